The van der Waals surface area contributed by atoms with Crippen LogP contribution < -0.4 is 0 Å². The molecule has 254 valence electrons. The van der Waals surface area contributed by atoms with E-state index in [1.54, 1.807) is 6.08 Å². The number of aliphatic hydroxyl groups is 2. The first-order chi connectivity index (χ1) is 21.5. The predicted octanol–water partition coefficient (Wildman–Crippen LogP) is 9.64. The Hall–Kier alpha value is -2.18. The summed E-state index contributed by atoms with van der Waals surface area (Å²) in [6.45, 7) is 3.92. The first-order valence-corrected chi connectivity index (χ1v) is 17.8. The summed E-state index contributed by atoms with van der Waals surface area (Å²) >= 11 is 0. The number of aliphatic hydroxyl groups excluding tert-OH is 2. The van der Waals surface area contributed by atoms with Crippen molar-refractivity contribution in [3.63, 3.8) is 0 Å². The van der Waals surface area contributed by atoms with E-state index in [1.165, 1.54) is 77.0 Å². The van der Waals surface area contributed by atoms with Crippen LogP contribution in [-0.4, -0.2) is 47.6 Å². The zero-order valence-electron chi connectivity index (χ0n) is 28.3. The highest BCUT2D eigenvalue weighted by Gasteiger charge is 2.16. The number of rotatable bonds is 31. The zero-order valence-corrected chi connectivity index (χ0v) is 28.3. The fraction of sp³-hybridized carbons (Fsp3) is 0.737. The molecule has 44 heavy (non-hydrogen) atoms. The van der Waals surface area contributed by atoms with Crippen molar-refractivity contribution in [2.45, 2.75) is 167 Å². The van der Waals surface area contributed by atoms with Gasteiger partial charge in [-0.1, -0.05) is 146 Å². The number of hydrogen-bond acceptors (Lipinski definition) is 6. The van der Waals surface area contributed by atoms with Crippen LogP contribution in [0.15, 0.2) is 48.6 Å². The van der Waals surface area contributed by atoms with Crippen LogP contribution in [0, 0.1) is 0 Å². The molecule has 0 aliphatic heterocycles. The zero-order chi connectivity index (χ0) is 32.4. The number of carbonyl (C=O) groups excluding carboxylic acids is 2. The lowest BCUT2D eigenvalue weighted by Gasteiger charge is -2.16. The highest BCUT2D eigenvalue weighted by molar-refractivity contribution is 5.70. The number of unbranched alkanes of at least 4 members (excludes halogenated alkanes) is 14. The Kier molecular flexibility index (Phi) is 32.0. The third-order valence-corrected chi connectivity index (χ3v) is 7.48. The van der Waals surface area contributed by atoms with Crippen molar-refractivity contribution in [2.75, 3.05) is 13.2 Å². The Morgan fingerprint density at radius 1 is 0.636 bits per heavy atom. The number of hydrogen-bond donors (Lipinski definition) is 2. The van der Waals surface area contributed by atoms with E-state index in [0.717, 1.165) is 38.5 Å². The highest BCUT2D eigenvalue weighted by Crippen LogP contribution is 2.13. The molecule has 0 aromatic rings. The monoisotopic (exact) mass is 618 g/mol. The Balaban J connectivity index is 3.81. The van der Waals surface area contributed by atoms with Crippen molar-refractivity contribution in [1.29, 1.82) is 0 Å². The summed E-state index contributed by atoms with van der Waals surface area (Å²) in [5, 5.41) is 19.6. The van der Waals surface area contributed by atoms with Crippen LogP contribution in [0.25, 0.3) is 0 Å². The van der Waals surface area contributed by atoms with Crippen LogP contribution in [0.1, 0.15) is 155 Å². The maximum absolute atomic E-state index is 12.1. The first-order valence-electron chi connectivity index (χ1n) is 17.8. The number of esters is 2. The van der Waals surface area contributed by atoms with E-state index < -0.39 is 18.2 Å². The summed E-state index contributed by atoms with van der Waals surface area (Å²) in [4.78, 5) is 24.2. The third-order valence-electron chi connectivity index (χ3n) is 7.48. The van der Waals surface area contributed by atoms with E-state index in [4.69, 9.17) is 9.47 Å². The van der Waals surface area contributed by atoms with Gasteiger partial charge >= 0.3 is 11.9 Å². The second-order valence-corrected chi connectivity index (χ2v) is 11.8. The summed E-state index contributed by atoms with van der Waals surface area (Å²) < 4.78 is 10.5. The largest absolute Gasteiger partial charge is 0.462 e. The number of carbonyl (C=O) groups is 2. The molecule has 0 amide bonds. The van der Waals surface area contributed by atoms with Gasteiger partial charge in [-0.2, -0.15) is 0 Å². The average molecular weight is 619 g/mol. The SMILES string of the molecule is CCCCC/C=C\C/C=C\C/C=C\C=C\[C@@H](O)CCCC(=O)OC[C@H](CO)OC(=O)CCCCCCCCCCCCCC. The summed E-state index contributed by atoms with van der Waals surface area (Å²) in [5.41, 5.74) is 0. The van der Waals surface area contributed by atoms with Crippen molar-refractivity contribution in [3.8, 4) is 0 Å². The third kappa shape index (κ3) is 31.3. The van der Waals surface area contributed by atoms with Gasteiger partial charge in [0.2, 0.25) is 0 Å². The van der Waals surface area contributed by atoms with Crippen molar-refractivity contribution in [3.05, 3.63) is 48.6 Å². The summed E-state index contributed by atoms with van der Waals surface area (Å²) in [7, 11) is 0. The molecule has 0 saturated carbocycles. The van der Waals surface area contributed by atoms with Gasteiger partial charge in [-0.05, 0) is 44.9 Å². The van der Waals surface area contributed by atoms with Crippen LogP contribution in [0.4, 0.5) is 0 Å². The van der Waals surface area contributed by atoms with Crippen LogP contribution >= 0.6 is 0 Å². The van der Waals surface area contributed by atoms with Gasteiger partial charge < -0.3 is 19.7 Å². The molecule has 2 N–H and O–H groups in total. The van der Waals surface area contributed by atoms with Gasteiger partial charge in [-0.15, -0.1) is 0 Å². The molecule has 0 bridgehead atoms. The second kappa shape index (κ2) is 33.7. The van der Waals surface area contributed by atoms with Gasteiger partial charge in [0, 0.05) is 12.8 Å². The number of ether oxygens (including phenoxy) is 2. The van der Waals surface area contributed by atoms with Crippen LogP contribution in [0.3, 0.4) is 0 Å². The van der Waals surface area contributed by atoms with Crippen LogP contribution in [-0.2, 0) is 19.1 Å². The molecular weight excluding hydrogens is 552 g/mol. The van der Waals surface area contributed by atoms with Gasteiger partial charge in [0.05, 0.1) is 12.7 Å². The lowest BCUT2D eigenvalue weighted by atomic mass is 10.0. The fourth-order valence-electron chi connectivity index (χ4n) is 4.71. The van der Waals surface area contributed by atoms with Crippen molar-refractivity contribution in [2.24, 2.45) is 0 Å². The molecule has 0 rings (SSSR count). The minimum atomic E-state index is -0.842. The molecule has 0 heterocycles. The van der Waals surface area contributed by atoms with Gasteiger partial charge in [-0.25, -0.2) is 0 Å². The molecule has 0 aliphatic rings. The summed E-state index contributed by atoms with van der Waals surface area (Å²) in [6.07, 6.45) is 37.7. The topological polar surface area (TPSA) is 93.1 Å². The quantitative estimate of drug-likeness (QED) is 0.0348. The lowest BCUT2D eigenvalue weighted by Crippen LogP contribution is -2.28. The van der Waals surface area contributed by atoms with Gasteiger partial charge in [0.1, 0.15) is 6.61 Å². The highest BCUT2D eigenvalue weighted by atomic mass is 16.6. The molecule has 6 heteroatoms. The molecule has 0 aromatic carbocycles. The molecule has 0 spiro atoms. The van der Waals surface area contributed by atoms with Crippen molar-refractivity contribution in [1.82, 2.24) is 0 Å². The Bertz CT molecular complexity index is 769. The molecule has 2 atom stereocenters. The molecule has 0 radical (unpaired) electrons. The molecule has 0 aromatic heterocycles. The Morgan fingerprint density at radius 3 is 1.82 bits per heavy atom. The van der Waals surface area contributed by atoms with E-state index in [0.29, 0.717) is 19.3 Å². The van der Waals surface area contributed by atoms with Gasteiger partial charge in [-0.3, -0.25) is 9.59 Å². The maximum Gasteiger partial charge on any atom is 0.306 e. The first kappa shape index (κ1) is 41.8. The number of allylic oxidation sites excluding steroid dienone is 7. The fourth-order valence-corrected chi connectivity index (χ4v) is 4.71. The van der Waals surface area contributed by atoms with Crippen LogP contribution in [0.2, 0.25) is 0 Å². The van der Waals surface area contributed by atoms with Crippen LogP contribution in [0.5, 0.6) is 0 Å². The molecule has 0 fully saturated rings. The lowest BCUT2D eigenvalue weighted by molar-refractivity contribution is -0.161. The van der Waals surface area contributed by atoms with Gasteiger partial charge in [0.15, 0.2) is 6.10 Å². The van der Waals surface area contributed by atoms with Crippen molar-refractivity contribution < 1.29 is 29.3 Å². The van der Waals surface area contributed by atoms with E-state index in [-0.39, 0.29) is 25.6 Å². The van der Waals surface area contributed by atoms with E-state index in [2.05, 4.69) is 38.2 Å². The maximum atomic E-state index is 12.1. The van der Waals surface area contributed by atoms with E-state index in [1.807, 2.05) is 18.2 Å². The minimum Gasteiger partial charge on any atom is -0.462 e. The predicted molar refractivity (Wildman–Crippen MR) is 183 cm³/mol. The van der Waals surface area contributed by atoms with Gasteiger partial charge in [0.25, 0.3) is 0 Å². The minimum absolute atomic E-state index is 0.156. The normalized spacial score (nSPS) is 13.5. The van der Waals surface area contributed by atoms with E-state index in [9.17, 15) is 19.8 Å². The summed E-state index contributed by atoms with van der Waals surface area (Å²) in [6, 6.07) is 0. The molecule has 6 nitrogen and oxygen atoms in total. The molecule has 0 aliphatic carbocycles. The molecular formula is C38H66O6. The summed E-state index contributed by atoms with van der Waals surface area (Å²) in [5.74, 6) is -0.795. The average Bonchev–Trinajstić information content (AvgIpc) is 3.02. The van der Waals surface area contributed by atoms with E-state index >= 15 is 0 Å². The second-order valence-electron chi connectivity index (χ2n) is 11.8. The molecule has 0 unspecified atom stereocenters. The Morgan fingerprint density at radius 2 is 1.18 bits per heavy atom. The standard InChI is InChI=1S/C38H66O6/c1-3-5-7-9-11-13-15-17-18-20-22-24-26-29-35(40)30-28-32-37(41)43-34-36(33-39)44-38(42)31-27-25-23-21-19-16-14-12-10-8-6-4-2/h11,13,17-18,22,24,26,29,35-36,39-40H,3-10,12,14-16,19-21,23,25,27-28,30-34H2,1-2H3/b13-11-,18-17-,24-22-,29-26+/t35-,36+/m1/s1. The van der Waals surface area contributed by atoms with Crippen molar-refractivity contribution >= 4 is 11.9 Å². The smallest absolute Gasteiger partial charge is 0.306 e. The Labute approximate surface area is 270 Å². The molecule has 0 saturated heterocycles.